The Morgan fingerprint density at radius 1 is 1.14 bits per heavy atom. The van der Waals surface area contributed by atoms with Gasteiger partial charge in [-0.2, -0.15) is 0 Å². The van der Waals surface area contributed by atoms with Crippen molar-refractivity contribution in [3.05, 3.63) is 46.8 Å². The van der Waals surface area contributed by atoms with Crippen molar-refractivity contribution in [2.45, 2.75) is 52.6 Å². The van der Waals surface area contributed by atoms with Gasteiger partial charge in [-0.15, -0.1) is 0 Å². The molecule has 0 radical (unpaired) electrons. The van der Waals surface area contributed by atoms with Gasteiger partial charge in [0.25, 0.3) is 5.91 Å². The zero-order chi connectivity index (χ0) is 19.8. The van der Waals surface area contributed by atoms with Gasteiger partial charge in [-0.3, -0.25) is 4.79 Å². The number of hydrogen-bond donors (Lipinski definition) is 1. The van der Waals surface area contributed by atoms with Crippen molar-refractivity contribution in [2.24, 2.45) is 0 Å². The van der Waals surface area contributed by atoms with Crippen LogP contribution in [0.3, 0.4) is 0 Å². The van der Waals surface area contributed by atoms with Crippen molar-refractivity contribution >= 4 is 5.91 Å². The van der Waals surface area contributed by atoms with Crippen LogP contribution in [0.5, 0.6) is 5.75 Å². The first-order chi connectivity index (χ1) is 13.6. The number of ether oxygens (including phenoxy) is 1. The lowest BCUT2D eigenvalue weighted by Gasteiger charge is -2.19. The quantitative estimate of drug-likeness (QED) is 0.699. The average molecular weight is 386 g/mol. The number of carbonyl (C=O) groups excluding carboxylic acids is 1. The lowest BCUT2D eigenvalue weighted by atomic mass is 10.2. The van der Waals surface area contributed by atoms with Crippen molar-refractivity contribution in [1.29, 1.82) is 0 Å². The summed E-state index contributed by atoms with van der Waals surface area (Å²) in [5.41, 5.74) is 2.46. The van der Waals surface area contributed by atoms with Crippen molar-refractivity contribution < 1.29 is 14.1 Å². The van der Waals surface area contributed by atoms with Crippen LogP contribution in [0.2, 0.25) is 0 Å². The van der Waals surface area contributed by atoms with E-state index in [0.717, 1.165) is 35.7 Å². The fourth-order valence-electron chi connectivity index (χ4n) is 3.53. The maximum Gasteiger partial charge on any atom is 0.251 e. The second-order valence-corrected chi connectivity index (χ2v) is 7.48. The van der Waals surface area contributed by atoms with E-state index in [1.54, 1.807) is 12.1 Å². The molecule has 0 bridgehead atoms. The van der Waals surface area contributed by atoms with Crippen LogP contribution in [0.1, 0.15) is 59.5 Å². The van der Waals surface area contributed by atoms with Crippen LogP contribution in [0.4, 0.5) is 0 Å². The van der Waals surface area contributed by atoms with Crippen LogP contribution in [-0.2, 0) is 6.61 Å². The number of carbonyl (C=O) groups is 1. The first kappa shape index (κ1) is 20.4. The molecule has 1 amide bonds. The zero-order valence-corrected chi connectivity index (χ0v) is 17.0. The molecule has 1 aromatic carbocycles. The number of nitrogens with one attached hydrogen (secondary N) is 1. The molecule has 2 heterocycles. The van der Waals surface area contributed by atoms with E-state index >= 15 is 0 Å². The van der Waals surface area contributed by atoms with Crippen molar-refractivity contribution in [1.82, 2.24) is 15.4 Å². The number of aromatic nitrogens is 1. The molecule has 0 spiro atoms. The van der Waals surface area contributed by atoms with E-state index in [4.69, 9.17) is 9.26 Å². The molecular formula is C22H31N3O3. The summed E-state index contributed by atoms with van der Waals surface area (Å²) in [5.74, 6) is 1.46. The molecule has 1 N–H and O–H groups in total. The Balaban J connectivity index is 1.39. The van der Waals surface area contributed by atoms with E-state index < -0.39 is 0 Å². The minimum absolute atomic E-state index is 0.0341. The SMILES string of the molecule is Cc1noc(C)c1COc1ccc(C(=O)NCCCN2CCCCCC2)cc1. The van der Waals surface area contributed by atoms with Gasteiger partial charge in [-0.25, -0.2) is 0 Å². The predicted molar refractivity (Wildman–Crippen MR) is 109 cm³/mol. The lowest BCUT2D eigenvalue weighted by Crippen LogP contribution is -2.30. The Morgan fingerprint density at radius 3 is 2.50 bits per heavy atom. The Hall–Kier alpha value is -2.34. The molecule has 6 heteroatoms. The monoisotopic (exact) mass is 385 g/mol. The summed E-state index contributed by atoms with van der Waals surface area (Å²) in [4.78, 5) is 14.8. The van der Waals surface area contributed by atoms with E-state index in [1.807, 2.05) is 26.0 Å². The number of likely N-dealkylation sites (tertiary alicyclic amines) is 1. The summed E-state index contributed by atoms with van der Waals surface area (Å²) in [6.07, 6.45) is 6.30. The third-order valence-electron chi connectivity index (χ3n) is 5.32. The molecule has 1 aromatic heterocycles. The number of benzene rings is 1. The summed E-state index contributed by atoms with van der Waals surface area (Å²) < 4.78 is 10.9. The van der Waals surface area contributed by atoms with Crippen LogP contribution in [0.25, 0.3) is 0 Å². The molecule has 1 fully saturated rings. The van der Waals surface area contributed by atoms with Gasteiger partial charge in [0.05, 0.1) is 11.3 Å². The van der Waals surface area contributed by atoms with Crippen molar-refractivity contribution in [3.63, 3.8) is 0 Å². The molecule has 0 aliphatic carbocycles. The highest BCUT2D eigenvalue weighted by Crippen LogP contribution is 2.18. The molecule has 0 atom stereocenters. The number of nitrogens with zero attached hydrogens (tertiary/aromatic N) is 2. The minimum atomic E-state index is -0.0341. The van der Waals surface area contributed by atoms with Gasteiger partial charge in [0.15, 0.2) is 0 Å². The van der Waals surface area contributed by atoms with Gasteiger partial charge in [0.1, 0.15) is 18.1 Å². The highest BCUT2D eigenvalue weighted by molar-refractivity contribution is 5.94. The molecule has 1 saturated heterocycles. The maximum atomic E-state index is 12.3. The van der Waals surface area contributed by atoms with Gasteiger partial charge in [0, 0.05) is 12.1 Å². The molecule has 1 aliphatic rings. The maximum absolute atomic E-state index is 12.3. The van der Waals surface area contributed by atoms with Crippen molar-refractivity contribution in [2.75, 3.05) is 26.2 Å². The van der Waals surface area contributed by atoms with Crippen LogP contribution in [-0.4, -0.2) is 42.1 Å². The van der Waals surface area contributed by atoms with Crippen LogP contribution in [0, 0.1) is 13.8 Å². The first-order valence-corrected chi connectivity index (χ1v) is 10.3. The van der Waals surface area contributed by atoms with Crippen LogP contribution in [0.15, 0.2) is 28.8 Å². The van der Waals surface area contributed by atoms with Crippen molar-refractivity contribution in [3.8, 4) is 5.75 Å². The fraction of sp³-hybridized carbons (Fsp3) is 0.545. The Morgan fingerprint density at radius 2 is 1.86 bits per heavy atom. The van der Waals surface area contributed by atoms with Gasteiger partial charge >= 0.3 is 0 Å². The van der Waals surface area contributed by atoms with E-state index in [2.05, 4.69) is 15.4 Å². The molecule has 6 nitrogen and oxygen atoms in total. The number of hydrogen-bond acceptors (Lipinski definition) is 5. The number of amides is 1. The third-order valence-corrected chi connectivity index (χ3v) is 5.32. The topological polar surface area (TPSA) is 67.6 Å². The van der Waals surface area contributed by atoms with Gasteiger partial charge in [0.2, 0.25) is 0 Å². The van der Waals surface area contributed by atoms with Gasteiger partial charge < -0.3 is 19.5 Å². The zero-order valence-electron chi connectivity index (χ0n) is 17.0. The Kier molecular flexibility index (Phi) is 7.48. The summed E-state index contributed by atoms with van der Waals surface area (Å²) >= 11 is 0. The highest BCUT2D eigenvalue weighted by Gasteiger charge is 2.11. The molecular weight excluding hydrogens is 354 g/mol. The molecule has 28 heavy (non-hydrogen) atoms. The second kappa shape index (κ2) is 10.3. The average Bonchev–Trinajstić information content (AvgIpc) is 2.90. The summed E-state index contributed by atoms with van der Waals surface area (Å²) in [7, 11) is 0. The normalized spacial score (nSPS) is 15.2. The smallest absolute Gasteiger partial charge is 0.251 e. The number of rotatable bonds is 8. The first-order valence-electron chi connectivity index (χ1n) is 10.3. The standard InChI is InChI=1S/C22H31N3O3/c1-17-21(18(2)28-24-17)16-27-20-10-8-19(9-11-20)22(26)23-12-7-15-25-13-5-3-4-6-14-25/h8-11H,3-7,12-16H2,1-2H3,(H,23,26). The van der Waals surface area contributed by atoms with Gasteiger partial charge in [-0.05, 0) is 77.0 Å². The Labute approximate surface area is 167 Å². The van der Waals surface area contributed by atoms with E-state index in [1.165, 1.54) is 38.8 Å². The van der Waals surface area contributed by atoms with Crippen LogP contribution >= 0.6 is 0 Å². The molecule has 2 aromatic rings. The molecule has 0 saturated carbocycles. The predicted octanol–water partition coefficient (Wildman–Crippen LogP) is 3.87. The largest absolute Gasteiger partial charge is 0.489 e. The van der Waals surface area contributed by atoms with Crippen LogP contribution < -0.4 is 10.1 Å². The molecule has 152 valence electrons. The fourth-order valence-corrected chi connectivity index (χ4v) is 3.53. The third kappa shape index (κ3) is 5.83. The van der Waals surface area contributed by atoms with E-state index in [0.29, 0.717) is 18.7 Å². The molecule has 1 aliphatic heterocycles. The molecule has 3 rings (SSSR count). The van der Waals surface area contributed by atoms with E-state index in [-0.39, 0.29) is 5.91 Å². The minimum Gasteiger partial charge on any atom is -0.489 e. The summed E-state index contributed by atoms with van der Waals surface area (Å²) in [5, 5.41) is 6.94. The summed E-state index contributed by atoms with van der Waals surface area (Å²) in [6, 6.07) is 7.24. The number of aryl methyl sites for hydroxylation is 2. The highest BCUT2D eigenvalue weighted by atomic mass is 16.5. The van der Waals surface area contributed by atoms with Gasteiger partial charge in [-0.1, -0.05) is 18.0 Å². The summed E-state index contributed by atoms with van der Waals surface area (Å²) in [6.45, 7) is 8.35. The van der Waals surface area contributed by atoms with E-state index in [9.17, 15) is 4.79 Å². The lowest BCUT2D eigenvalue weighted by molar-refractivity contribution is 0.0951. The second-order valence-electron chi connectivity index (χ2n) is 7.48. The molecule has 0 unspecified atom stereocenters. The Bertz CT molecular complexity index is 727.